The van der Waals surface area contributed by atoms with Gasteiger partial charge in [-0.1, -0.05) is 11.2 Å². The zero-order chi connectivity index (χ0) is 15.8. The van der Waals surface area contributed by atoms with Crippen molar-refractivity contribution in [3.8, 4) is 10.8 Å². The first-order chi connectivity index (χ1) is 11.2. The molecule has 0 radical (unpaired) electrons. The highest BCUT2D eigenvalue weighted by Gasteiger charge is 2.32. The highest BCUT2D eigenvalue weighted by atomic mass is 32.1. The number of H-pyrrole nitrogens is 1. The van der Waals surface area contributed by atoms with E-state index in [-0.39, 0.29) is 11.8 Å². The number of aromatic amines is 1. The first-order valence-corrected chi connectivity index (χ1v) is 8.27. The highest BCUT2D eigenvalue weighted by molar-refractivity contribution is 7.13. The summed E-state index contributed by atoms with van der Waals surface area (Å²) in [5, 5.41) is 12.9. The van der Waals surface area contributed by atoms with Crippen LogP contribution in [0.25, 0.3) is 10.8 Å². The van der Waals surface area contributed by atoms with Gasteiger partial charge in [-0.3, -0.25) is 9.89 Å². The molecule has 0 bridgehead atoms. The van der Waals surface area contributed by atoms with E-state index >= 15 is 0 Å². The number of aryl methyl sites for hydroxylation is 1. The van der Waals surface area contributed by atoms with E-state index in [0.29, 0.717) is 30.5 Å². The Morgan fingerprint density at radius 2 is 2.43 bits per heavy atom. The molecule has 8 heteroatoms. The summed E-state index contributed by atoms with van der Waals surface area (Å²) in [5.74, 6) is 1.26. The molecule has 1 aliphatic heterocycles. The lowest BCUT2D eigenvalue weighted by molar-refractivity contribution is 0.0784. The molecule has 0 aromatic carbocycles. The maximum Gasteiger partial charge on any atom is 0.274 e. The Morgan fingerprint density at radius 1 is 1.52 bits per heavy atom. The molecule has 4 rings (SSSR count). The summed E-state index contributed by atoms with van der Waals surface area (Å²) >= 11 is 1.56. The second kappa shape index (κ2) is 5.62. The minimum atomic E-state index is -0.0566. The topological polar surface area (TPSA) is 87.9 Å². The van der Waals surface area contributed by atoms with E-state index in [2.05, 4.69) is 20.3 Å². The Bertz CT molecular complexity index is 823. The summed E-state index contributed by atoms with van der Waals surface area (Å²) in [6.07, 6.45) is 0.832. The molecular weight excluding hydrogens is 314 g/mol. The summed E-state index contributed by atoms with van der Waals surface area (Å²) in [6, 6.07) is 5.66. The summed E-state index contributed by atoms with van der Waals surface area (Å²) < 4.78 is 5.33. The standard InChI is InChI=1S/C15H15N5O2S/c1-9-7-11(18-17-9)15(21)20-5-4-10(8-20)13-16-14(22-19-13)12-3-2-6-23-12/h2-3,6-7,10H,4-5,8H2,1H3,(H,17,18). The Balaban J connectivity index is 1.47. The zero-order valence-electron chi connectivity index (χ0n) is 12.5. The van der Waals surface area contributed by atoms with Crippen LogP contribution in [0.5, 0.6) is 0 Å². The number of thiophene rings is 1. The monoisotopic (exact) mass is 329 g/mol. The van der Waals surface area contributed by atoms with Crippen LogP contribution in [0, 0.1) is 6.92 Å². The van der Waals surface area contributed by atoms with Gasteiger partial charge in [0.2, 0.25) is 0 Å². The van der Waals surface area contributed by atoms with Gasteiger partial charge in [-0.05, 0) is 30.9 Å². The summed E-state index contributed by atoms with van der Waals surface area (Å²) in [6.45, 7) is 3.15. The van der Waals surface area contributed by atoms with E-state index in [0.717, 1.165) is 17.0 Å². The van der Waals surface area contributed by atoms with Gasteiger partial charge in [0.15, 0.2) is 5.82 Å². The van der Waals surface area contributed by atoms with Gasteiger partial charge in [-0.25, -0.2) is 0 Å². The van der Waals surface area contributed by atoms with Crippen LogP contribution in [0.4, 0.5) is 0 Å². The number of carbonyl (C=O) groups excluding carboxylic acids is 1. The molecule has 1 amide bonds. The summed E-state index contributed by atoms with van der Waals surface area (Å²) in [7, 11) is 0. The molecule has 0 saturated carbocycles. The van der Waals surface area contributed by atoms with Crippen molar-refractivity contribution in [1.29, 1.82) is 0 Å². The molecule has 3 aromatic heterocycles. The maximum atomic E-state index is 12.4. The van der Waals surface area contributed by atoms with Gasteiger partial charge in [-0.15, -0.1) is 11.3 Å². The second-order valence-electron chi connectivity index (χ2n) is 5.61. The van der Waals surface area contributed by atoms with Crippen molar-refractivity contribution in [1.82, 2.24) is 25.2 Å². The molecule has 7 nitrogen and oxygen atoms in total. The van der Waals surface area contributed by atoms with Crippen LogP contribution in [-0.4, -0.2) is 44.2 Å². The molecule has 4 heterocycles. The average Bonchev–Trinajstić information content (AvgIpc) is 3.30. The van der Waals surface area contributed by atoms with Crippen molar-refractivity contribution in [2.75, 3.05) is 13.1 Å². The lowest BCUT2D eigenvalue weighted by atomic mass is 10.1. The number of aromatic nitrogens is 4. The van der Waals surface area contributed by atoms with Crippen LogP contribution in [0.3, 0.4) is 0 Å². The average molecular weight is 329 g/mol. The van der Waals surface area contributed by atoms with Crippen molar-refractivity contribution in [3.63, 3.8) is 0 Å². The number of hydrogen-bond acceptors (Lipinski definition) is 6. The lowest BCUT2D eigenvalue weighted by Gasteiger charge is -2.13. The van der Waals surface area contributed by atoms with Crippen LogP contribution in [0.15, 0.2) is 28.1 Å². The van der Waals surface area contributed by atoms with Crippen LogP contribution >= 0.6 is 11.3 Å². The molecule has 23 heavy (non-hydrogen) atoms. The van der Waals surface area contributed by atoms with Crippen LogP contribution < -0.4 is 0 Å². The molecule has 1 fully saturated rings. The van der Waals surface area contributed by atoms with Gasteiger partial charge in [0.05, 0.1) is 4.88 Å². The maximum absolute atomic E-state index is 12.4. The molecule has 0 aliphatic carbocycles. The fraction of sp³-hybridized carbons (Fsp3) is 0.333. The van der Waals surface area contributed by atoms with E-state index in [9.17, 15) is 4.79 Å². The number of likely N-dealkylation sites (tertiary alicyclic amines) is 1. The van der Waals surface area contributed by atoms with Crippen LogP contribution in [-0.2, 0) is 0 Å². The normalized spacial score (nSPS) is 17.8. The first kappa shape index (κ1) is 14.1. The predicted molar refractivity (Wildman–Crippen MR) is 84.2 cm³/mol. The first-order valence-electron chi connectivity index (χ1n) is 7.39. The van der Waals surface area contributed by atoms with Crippen molar-refractivity contribution < 1.29 is 9.32 Å². The fourth-order valence-corrected chi connectivity index (χ4v) is 3.39. The molecule has 1 unspecified atom stereocenters. The van der Waals surface area contributed by atoms with E-state index in [4.69, 9.17) is 4.52 Å². The number of hydrogen-bond donors (Lipinski definition) is 1. The summed E-state index contributed by atoms with van der Waals surface area (Å²) in [4.78, 5) is 19.6. The third-order valence-electron chi connectivity index (χ3n) is 3.94. The minimum Gasteiger partial charge on any atom is -0.336 e. The molecule has 1 aliphatic rings. The molecular formula is C15H15N5O2S. The number of nitrogens with one attached hydrogen (secondary N) is 1. The molecule has 3 aromatic rings. The van der Waals surface area contributed by atoms with Crippen LogP contribution in [0.1, 0.15) is 34.3 Å². The third-order valence-corrected chi connectivity index (χ3v) is 4.80. The Morgan fingerprint density at radius 3 is 3.17 bits per heavy atom. The van der Waals surface area contributed by atoms with Crippen molar-refractivity contribution in [2.24, 2.45) is 0 Å². The van der Waals surface area contributed by atoms with E-state index in [1.165, 1.54) is 0 Å². The van der Waals surface area contributed by atoms with Gasteiger partial charge in [0.25, 0.3) is 11.8 Å². The smallest absolute Gasteiger partial charge is 0.274 e. The van der Waals surface area contributed by atoms with Gasteiger partial charge in [-0.2, -0.15) is 10.1 Å². The number of carbonyl (C=O) groups is 1. The number of rotatable bonds is 3. The Kier molecular flexibility index (Phi) is 3.45. The van der Waals surface area contributed by atoms with Gasteiger partial charge in [0.1, 0.15) is 5.69 Å². The van der Waals surface area contributed by atoms with Gasteiger partial charge >= 0.3 is 0 Å². The van der Waals surface area contributed by atoms with E-state index < -0.39 is 0 Å². The minimum absolute atomic E-state index is 0.0566. The quantitative estimate of drug-likeness (QED) is 0.797. The van der Waals surface area contributed by atoms with Gasteiger partial charge < -0.3 is 9.42 Å². The van der Waals surface area contributed by atoms with Crippen molar-refractivity contribution >= 4 is 17.2 Å². The number of nitrogens with zero attached hydrogens (tertiary/aromatic N) is 4. The Hall–Kier alpha value is -2.48. The summed E-state index contributed by atoms with van der Waals surface area (Å²) in [5.41, 5.74) is 1.33. The van der Waals surface area contributed by atoms with Crippen LogP contribution in [0.2, 0.25) is 0 Å². The van der Waals surface area contributed by atoms with Crippen molar-refractivity contribution in [3.05, 3.63) is 40.8 Å². The van der Waals surface area contributed by atoms with E-state index in [1.54, 1.807) is 22.3 Å². The predicted octanol–water partition coefficient (Wildman–Crippen LogP) is 2.46. The molecule has 118 valence electrons. The Labute approximate surface area is 136 Å². The van der Waals surface area contributed by atoms with Crippen molar-refractivity contribution in [2.45, 2.75) is 19.3 Å². The highest BCUT2D eigenvalue weighted by Crippen LogP contribution is 2.29. The fourth-order valence-electron chi connectivity index (χ4n) is 2.75. The molecule has 1 saturated heterocycles. The van der Waals surface area contributed by atoms with Gasteiger partial charge in [0, 0.05) is 24.7 Å². The second-order valence-corrected chi connectivity index (χ2v) is 6.56. The molecule has 0 spiro atoms. The zero-order valence-corrected chi connectivity index (χ0v) is 13.3. The molecule has 1 atom stereocenters. The third kappa shape index (κ3) is 2.65. The number of amides is 1. The SMILES string of the molecule is Cc1cc(C(=O)N2CCC(c3noc(-c4cccs4)n3)C2)n[nH]1. The molecule has 1 N–H and O–H groups in total. The van der Waals surface area contributed by atoms with E-state index in [1.807, 2.05) is 24.4 Å². The lowest BCUT2D eigenvalue weighted by Crippen LogP contribution is -2.28. The largest absolute Gasteiger partial charge is 0.336 e.